The second-order valence-electron chi connectivity index (χ2n) is 4.00. The first-order valence-corrected chi connectivity index (χ1v) is 7.29. The number of thioether (sulfide) groups is 1. The number of hydrogen-bond donors (Lipinski definition) is 3. The fourth-order valence-electron chi connectivity index (χ4n) is 1.61. The van der Waals surface area contributed by atoms with E-state index in [2.05, 4.69) is 10.5 Å². The van der Waals surface area contributed by atoms with Crippen molar-refractivity contribution in [3.63, 3.8) is 0 Å². The number of carbonyl (C=O) groups is 1. The van der Waals surface area contributed by atoms with Crippen molar-refractivity contribution in [2.75, 3.05) is 12.8 Å². The lowest BCUT2D eigenvalue weighted by Gasteiger charge is -2.08. The molecule has 0 atom stereocenters. The normalized spacial score (nSPS) is 11.3. The van der Waals surface area contributed by atoms with Gasteiger partial charge < -0.3 is 16.3 Å². The molecule has 0 aliphatic heterocycles. The van der Waals surface area contributed by atoms with E-state index >= 15 is 0 Å². The van der Waals surface area contributed by atoms with Gasteiger partial charge in [-0.2, -0.15) is 0 Å². The van der Waals surface area contributed by atoms with Crippen molar-refractivity contribution in [1.82, 2.24) is 5.32 Å². The molecule has 19 heavy (non-hydrogen) atoms. The van der Waals surface area contributed by atoms with Crippen LogP contribution in [0.1, 0.15) is 29.6 Å². The molecule has 1 aromatic carbocycles. The summed E-state index contributed by atoms with van der Waals surface area (Å²) in [7, 11) is 0. The van der Waals surface area contributed by atoms with Crippen LogP contribution < -0.4 is 11.1 Å². The highest BCUT2D eigenvalue weighted by Crippen LogP contribution is 2.19. The summed E-state index contributed by atoms with van der Waals surface area (Å²) in [6, 6.07) is 7.52. The van der Waals surface area contributed by atoms with Gasteiger partial charge in [-0.3, -0.25) is 4.79 Å². The van der Waals surface area contributed by atoms with E-state index in [1.807, 2.05) is 30.5 Å². The molecule has 0 bridgehead atoms. The van der Waals surface area contributed by atoms with Crippen molar-refractivity contribution in [3.8, 4) is 0 Å². The molecule has 6 heteroatoms. The van der Waals surface area contributed by atoms with Crippen molar-refractivity contribution in [1.29, 1.82) is 0 Å². The third-order valence-electron chi connectivity index (χ3n) is 2.63. The summed E-state index contributed by atoms with van der Waals surface area (Å²) < 4.78 is 0. The molecule has 0 aromatic heterocycles. The maximum absolute atomic E-state index is 12.0. The Labute approximate surface area is 117 Å². The summed E-state index contributed by atoms with van der Waals surface area (Å²) >= 11 is 1.55. The SMILES string of the molecule is CSc1ccccc1C(=O)NCCCCC(N)=NO. The third kappa shape index (κ3) is 5.21. The molecular formula is C13H19N3O2S. The quantitative estimate of drug-likeness (QED) is 0.178. The number of hydrogen-bond acceptors (Lipinski definition) is 4. The number of nitrogens with two attached hydrogens (primary N) is 1. The van der Waals surface area contributed by atoms with E-state index in [0.717, 1.165) is 17.7 Å². The summed E-state index contributed by atoms with van der Waals surface area (Å²) in [6.07, 6.45) is 4.06. The molecule has 0 radical (unpaired) electrons. The molecule has 1 amide bonds. The summed E-state index contributed by atoms with van der Waals surface area (Å²) in [4.78, 5) is 12.9. The smallest absolute Gasteiger partial charge is 0.252 e. The Bertz CT molecular complexity index is 449. The minimum Gasteiger partial charge on any atom is -0.409 e. The molecule has 0 spiro atoms. The lowest BCUT2D eigenvalue weighted by Crippen LogP contribution is -2.25. The van der Waals surface area contributed by atoms with Gasteiger partial charge in [0.2, 0.25) is 0 Å². The minimum atomic E-state index is -0.0613. The van der Waals surface area contributed by atoms with E-state index in [4.69, 9.17) is 10.9 Å². The summed E-state index contributed by atoms with van der Waals surface area (Å²) in [5.41, 5.74) is 6.05. The largest absolute Gasteiger partial charge is 0.409 e. The lowest BCUT2D eigenvalue weighted by atomic mass is 10.2. The molecule has 104 valence electrons. The Balaban J connectivity index is 2.35. The second-order valence-corrected chi connectivity index (χ2v) is 4.85. The first-order valence-electron chi connectivity index (χ1n) is 6.06. The van der Waals surface area contributed by atoms with Gasteiger partial charge in [0.25, 0.3) is 5.91 Å². The van der Waals surface area contributed by atoms with Crippen molar-refractivity contribution < 1.29 is 10.0 Å². The monoisotopic (exact) mass is 281 g/mol. The van der Waals surface area contributed by atoms with Crippen LogP contribution in [0.25, 0.3) is 0 Å². The summed E-state index contributed by atoms with van der Waals surface area (Å²) in [5.74, 6) is 0.160. The standard InChI is InChI=1S/C13H19N3O2S/c1-19-11-7-3-2-6-10(11)13(17)15-9-5-4-8-12(14)16-18/h2-3,6-7,18H,4-5,8-9H2,1H3,(H2,14,16)(H,15,17). The predicted molar refractivity (Wildman–Crippen MR) is 77.8 cm³/mol. The van der Waals surface area contributed by atoms with E-state index < -0.39 is 0 Å². The van der Waals surface area contributed by atoms with Crippen molar-refractivity contribution >= 4 is 23.5 Å². The fourth-order valence-corrected chi connectivity index (χ4v) is 2.21. The van der Waals surface area contributed by atoms with E-state index in [1.165, 1.54) is 0 Å². The Morgan fingerprint density at radius 2 is 2.16 bits per heavy atom. The van der Waals surface area contributed by atoms with Crippen LogP contribution in [-0.2, 0) is 0 Å². The number of amides is 1. The van der Waals surface area contributed by atoms with Gasteiger partial charge in [-0.05, 0) is 31.2 Å². The number of benzene rings is 1. The number of nitrogens with one attached hydrogen (secondary N) is 1. The fraction of sp³-hybridized carbons (Fsp3) is 0.385. The van der Waals surface area contributed by atoms with Gasteiger partial charge in [0, 0.05) is 17.9 Å². The molecular weight excluding hydrogens is 262 g/mol. The Morgan fingerprint density at radius 1 is 1.42 bits per heavy atom. The molecule has 1 rings (SSSR count). The molecule has 0 unspecified atom stereocenters. The van der Waals surface area contributed by atoms with E-state index in [1.54, 1.807) is 11.8 Å². The van der Waals surface area contributed by atoms with Crippen LogP contribution in [0.4, 0.5) is 0 Å². The molecule has 0 aliphatic carbocycles. The van der Waals surface area contributed by atoms with Crippen molar-refractivity contribution in [2.45, 2.75) is 24.2 Å². The highest BCUT2D eigenvalue weighted by molar-refractivity contribution is 7.98. The van der Waals surface area contributed by atoms with Crippen LogP contribution in [0.2, 0.25) is 0 Å². The van der Waals surface area contributed by atoms with Crippen LogP contribution in [0.3, 0.4) is 0 Å². The molecule has 1 aromatic rings. The predicted octanol–water partition coefficient (Wildman–Crippen LogP) is 2.06. The average Bonchev–Trinajstić information content (AvgIpc) is 2.46. The summed E-state index contributed by atoms with van der Waals surface area (Å²) in [5, 5.41) is 14.1. The van der Waals surface area contributed by atoms with Gasteiger partial charge in [0.05, 0.1) is 5.56 Å². The van der Waals surface area contributed by atoms with E-state index in [9.17, 15) is 4.79 Å². The van der Waals surface area contributed by atoms with Gasteiger partial charge in [0.1, 0.15) is 5.84 Å². The number of unbranched alkanes of at least 4 members (excludes halogenated alkanes) is 1. The van der Waals surface area contributed by atoms with Gasteiger partial charge >= 0.3 is 0 Å². The number of amidine groups is 1. The summed E-state index contributed by atoms with van der Waals surface area (Å²) in [6.45, 7) is 0.584. The Kier molecular flexibility index (Phi) is 6.81. The molecule has 4 N–H and O–H groups in total. The van der Waals surface area contributed by atoms with E-state index in [0.29, 0.717) is 18.5 Å². The van der Waals surface area contributed by atoms with Gasteiger partial charge in [-0.1, -0.05) is 17.3 Å². The van der Waals surface area contributed by atoms with Crippen LogP contribution in [0.15, 0.2) is 34.3 Å². The van der Waals surface area contributed by atoms with Crippen molar-refractivity contribution in [2.24, 2.45) is 10.9 Å². The third-order valence-corrected chi connectivity index (χ3v) is 3.42. The molecule has 0 heterocycles. The first-order chi connectivity index (χ1) is 9.19. The molecule has 0 aliphatic rings. The van der Waals surface area contributed by atoms with Crippen LogP contribution in [0.5, 0.6) is 0 Å². The highest BCUT2D eigenvalue weighted by Gasteiger charge is 2.09. The molecule has 0 saturated heterocycles. The lowest BCUT2D eigenvalue weighted by molar-refractivity contribution is 0.0950. The number of carbonyl (C=O) groups excluding carboxylic acids is 1. The highest BCUT2D eigenvalue weighted by atomic mass is 32.2. The van der Waals surface area contributed by atoms with Gasteiger partial charge in [-0.15, -0.1) is 11.8 Å². The number of nitrogens with zero attached hydrogens (tertiary/aromatic N) is 1. The van der Waals surface area contributed by atoms with Crippen LogP contribution in [0, 0.1) is 0 Å². The minimum absolute atomic E-state index is 0.0613. The maximum Gasteiger partial charge on any atom is 0.252 e. The van der Waals surface area contributed by atoms with E-state index in [-0.39, 0.29) is 11.7 Å². The van der Waals surface area contributed by atoms with Gasteiger partial charge in [-0.25, -0.2) is 0 Å². The van der Waals surface area contributed by atoms with Crippen molar-refractivity contribution in [3.05, 3.63) is 29.8 Å². The molecule has 0 saturated carbocycles. The van der Waals surface area contributed by atoms with Gasteiger partial charge in [0.15, 0.2) is 0 Å². The average molecular weight is 281 g/mol. The Morgan fingerprint density at radius 3 is 2.84 bits per heavy atom. The zero-order chi connectivity index (χ0) is 14.1. The molecule has 5 nitrogen and oxygen atoms in total. The number of rotatable bonds is 7. The molecule has 0 fully saturated rings. The first kappa shape index (κ1) is 15.4. The maximum atomic E-state index is 12.0. The van der Waals surface area contributed by atoms with Crippen LogP contribution >= 0.6 is 11.8 Å². The number of oxime groups is 1. The zero-order valence-corrected chi connectivity index (χ0v) is 11.7. The zero-order valence-electron chi connectivity index (χ0n) is 10.9. The van der Waals surface area contributed by atoms with Crippen LogP contribution in [-0.4, -0.2) is 29.8 Å². The Hall–Kier alpha value is -1.69. The second kappa shape index (κ2) is 8.42. The topological polar surface area (TPSA) is 87.7 Å².